The van der Waals surface area contributed by atoms with Crippen molar-refractivity contribution in [3.63, 3.8) is 0 Å². The summed E-state index contributed by atoms with van der Waals surface area (Å²) in [6, 6.07) is 4.79. The van der Waals surface area contributed by atoms with Gasteiger partial charge in [-0.15, -0.1) is 0 Å². The number of hydrogen-bond donors (Lipinski definition) is 0. The summed E-state index contributed by atoms with van der Waals surface area (Å²) >= 11 is 6.18. The zero-order valence-electron chi connectivity index (χ0n) is 14.4. The van der Waals surface area contributed by atoms with Crippen LogP contribution in [-0.4, -0.2) is 47.0 Å². The molecule has 5 nitrogen and oxygen atoms in total. The molecule has 2 heterocycles. The molecule has 7 heteroatoms. The van der Waals surface area contributed by atoms with Gasteiger partial charge < -0.3 is 9.42 Å². The molecule has 0 unspecified atom stereocenters. The SMILES string of the molecule is Cc1cc(CN2CCCN(C(=O)c3c(F)ccc(C)c3Cl)CC2)no1. The van der Waals surface area contributed by atoms with Crippen molar-refractivity contribution in [2.75, 3.05) is 26.2 Å². The maximum Gasteiger partial charge on any atom is 0.258 e. The molecule has 1 saturated heterocycles. The second-order valence-electron chi connectivity index (χ2n) is 6.40. The highest BCUT2D eigenvalue weighted by Crippen LogP contribution is 2.25. The standard InChI is InChI=1S/C18H21ClFN3O2/c1-12-4-5-15(20)16(17(12)19)18(24)23-7-3-6-22(8-9-23)11-14-10-13(2)25-21-14/h4-5,10H,3,6-9,11H2,1-2H3. The Morgan fingerprint density at radius 3 is 2.80 bits per heavy atom. The Morgan fingerprint density at radius 1 is 1.28 bits per heavy atom. The van der Waals surface area contributed by atoms with Crippen LogP contribution < -0.4 is 0 Å². The van der Waals surface area contributed by atoms with Crippen molar-refractivity contribution >= 4 is 17.5 Å². The number of aromatic nitrogens is 1. The van der Waals surface area contributed by atoms with E-state index in [4.69, 9.17) is 16.1 Å². The number of carbonyl (C=O) groups is 1. The maximum absolute atomic E-state index is 14.1. The first-order valence-electron chi connectivity index (χ1n) is 8.34. The molecule has 1 amide bonds. The van der Waals surface area contributed by atoms with Crippen LogP contribution in [0.2, 0.25) is 5.02 Å². The Labute approximate surface area is 151 Å². The molecule has 3 rings (SSSR count). The minimum atomic E-state index is -0.570. The minimum Gasteiger partial charge on any atom is -0.361 e. The molecule has 1 aliphatic rings. The summed E-state index contributed by atoms with van der Waals surface area (Å²) in [4.78, 5) is 16.7. The largest absolute Gasteiger partial charge is 0.361 e. The highest BCUT2D eigenvalue weighted by atomic mass is 35.5. The monoisotopic (exact) mass is 365 g/mol. The van der Waals surface area contributed by atoms with Crippen molar-refractivity contribution in [1.82, 2.24) is 15.0 Å². The molecule has 1 fully saturated rings. The fourth-order valence-electron chi connectivity index (χ4n) is 3.06. The molecule has 0 spiro atoms. The third-order valence-corrected chi connectivity index (χ3v) is 4.92. The lowest BCUT2D eigenvalue weighted by molar-refractivity contribution is 0.0756. The van der Waals surface area contributed by atoms with Gasteiger partial charge >= 0.3 is 0 Å². The second kappa shape index (κ2) is 7.54. The van der Waals surface area contributed by atoms with E-state index in [1.807, 2.05) is 13.0 Å². The number of rotatable bonds is 3. The number of amides is 1. The molecule has 134 valence electrons. The molecule has 1 aliphatic heterocycles. The quantitative estimate of drug-likeness (QED) is 0.836. The van der Waals surface area contributed by atoms with E-state index >= 15 is 0 Å². The summed E-state index contributed by atoms with van der Waals surface area (Å²) in [5, 5.41) is 4.21. The van der Waals surface area contributed by atoms with E-state index in [1.165, 1.54) is 6.07 Å². The van der Waals surface area contributed by atoms with Crippen molar-refractivity contribution in [2.45, 2.75) is 26.8 Å². The van der Waals surface area contributed by atoms with E-state index in [-0.39, 0.29) is 16.5 Å². The van der Waals surface area contributed by atoms with E-state index < -0.39 is 5.82 Å². The summed E-state index contributed by atoms with van der Waals surface area (Å²) in [6.07, 6.45) is 0.813. The third kappa shape index (κ3) is 4.02. The minimum absolute atomic E-state index is 0.0257. The highest BCUT2D eigenvalue weighted by molar-refractivity contribution is 6.34. The van der Waals surface area contributed by atoms with Crippen LogP contribution in [-0.2, 0) is 6.54 Å². The van der Waals surface area contributed by atoms with Gasteiger partial charge in [-0.1, -0.05) is 22.8 Å². The Hall–Kier alpha value is -1.92. The van der Waals surface area contributed by atoms with Crippen LogP contribution in [0.4, 0.5) is 4.39 Å². The Kier molecular flexibility index (Phi) is 5.39. The number of hydrogen-bond acceptors (Lipinski definition) is 4. The van der Waals surface area contributed by atoms with Crippen molar-refractivity contribution in [3.8, 4) is 0 Å². The van der Waals surface area contributed by atoms with Gasteiger partial charge in [0.1, 0.15) is 11.6 Å². The number of aryl methyl sites for hydroxylation is 2. The summed E-state index contributed by atoms with van der Waals surface area (Å²) in [5.74, 6) is -0.128. The van der Waals surface area contributed by atoms with Gasteiger partial charge in [-0.2, -0.15) is 0 Å². The Bertz CT molecular complexity index is 778. The van der Waals surface area contributed by atoms with Gasteiger partial charge in [-0.3, -0.25) is 9.69 Å². The van der Waals surface area contributed by atoms with Gasteiger partial charge in [-0.25, -0.2) is 4.39 Å². The van der Waals surface area contributed by atoms with E-state index in [0.717, 1.165) is 24.4 Å². The lowest BCUT2D eigenvalue weighted by atomic mass is 10.1. The third-order valence-electron chi connectivity index (χ3n) is 4.44. The van der Waals surface area contributed by atoms with Crippen LogP contribution in [0.15, 0.2) is 22.7 Å². The van der Waals surface area contributed by atoms with Crippen molar-refractivity contribution in [1.29, 1.82) is 0 Å². The summed E-state index contributed by atoms with van der Waals surface area (Å²) in [7, 11) is 0. The molecule has 25 heavy (non-hydrogen) atoms. The molecule has 0 saturated carbocycles. The van der Waals surface area contributed by atoms with Crippen LogP contribution in [0.25, 0.3) is 0 Å². The molecule has 0 bridgehead atoms. The zero-order valence-corrected chi connectivity index (χ0v) is 15.1. The number of carbonyl (C=O) groups excluding carboxylic acids is 1. The molecular weight excluding hydrogens is 345 g/mol. The molecule has 0 aliphatic carbocycles. The van der Waals surface area contributed by atoms with Gasteiger partial charge in [0.2, 0.25) is 0 Å². The van der Waals surface area contributed by atoms with Crippen molar-refractivity contribution < 1.29 is 13.7 Å². The molecule has 0 N–H and O–H groups in total. The number of benzene rings is 1. The number of nitrogens with zero attached hydrogens (tertiary/aromatic N) is 3. The molecule has 1 aromatic carbocycles. The van der Waals surface area contributed by atoms with Gasteiger partial charge in [-0.05, 0) is 31.9 Å². The first kappa shape index (κ1) is 17.9. The lowest BCUT2D eigenvalue weighted by Crippen LogP contribution is -2.35. The topological polar surface area (TPSA) is 49.6 Å². The normalized spacial score (nSPS) is 16.1. The Balaban J connectivity index is 1.69. The molecule has 1 aromatic heterocycles. The fourth-order valence-corrected chi connectivity index (χ4v) is 3.30. The van der Waals surface area contributed by atoms with Gasteiger partial charge in [0.05, 0.1) is 16.3 Å². The predicted molar refractivity (Wildman–Crippen MR) is 93.2 cm³/mol. The Morgan fingerprint density at radius 2 is 2.08 bits per heavy atom. The van der Waals surface area contributed by atoms with Crippen LogP contribution in [0.1, 0.15) is 33.8 Å². The van der Waals surface area contributed by atoms with Crippen molar-refractivity contribution in [2.24, 2.45) is 0 Å². The summed E-state index contributed by atoms with van der Waals surface area (Å²) < 4.78 is 19.2. The van der Waals surface area contributed by atoms with E-state index in [0.29, 0.717) is 31.7 Å². The number of halogens is 2. The summed E-state index contributed by atoms with van der Waals surface area (Å²) in [5.41, 5.74) is 1.55. The lowest BCUT2D eigenvalue weighted by Gasteiger charge is -2.22. The van der Waals surface area contributed by atoms with Gasteiger partial charge in [0.15, 0.2) is 0 Å². The average Bonchev–Trinajstić information content (AvgIpc) is 2.84. The molecule has 0 atom stereocenters. The first-order valence-corrected chi connectivity index (χ1v) is 8.72. The van der Waals surface area contributed by atoms with Gasteiger partial charge in [0.25, 0.3) is 5.91 Å². The smallest absolute Gasteiger partial charge is 0.258 e. The second-order valence-corrected chi connectivity index (χ2v) is 6.78. The zero-order chi connectivity index (χ0) is 18.0. The molecular formula is C18H21ClFN3O2. The van der Waals surface area contributed by atoms with Crippen LogP contribution in [0.3, 0.4) is 0 Å². The first-order chi connectivity index (χ1) is 12.0. The van der Waals surface area contributed by atoms with Crippen molar-refractivity contribution in [3.05, 3.63) is 51.6 Å². The fraction of sp³-hybridized carbons (Fsp3) is 0.444. The maximum atomic E-state index is 14.1. The van der Waals surface area contributed by atoms with E-state index in [2.05, 4.69) is 10.1 Å². The van der Waals surface area contributed by atoms with Crippen LogP contribution in [0.5, 0.6) is 0 Å². The van der Waals surface area contributed by atoms with E-state index in [9.17, 15) is 9.18 Å². The molecule has 2 aromatic rings. The predicted octanol–water partition coefficient (Wildman–Crippen LogP) is 3.43. The van der Waals surface area contributed by atoms with Gasteiger partial charge in [0, 0.05) is 38.8 Å². The molecule has 0 radical (unpaired) electrons. The van der Waals surface area contributed by atoms with Crippen LogP contribution >= 0.6 is 11.6 Å². The van der Waals surface area contributed by atoms with Crippen LogP contribution in [0, 0.1) is 19.7 Å². The summed E-state index contributed by atoms with van der Waals surface area (Å²) in [6.45, 7) is 6.96. The average molecular weight is 366 g/mol. The highest BCUT2D eigenvalue weighted by Gasteiger charge is 2.25. The van der Waals surface area contributed by atoms with E-state index in [1.54, 1.807) is 17.9 Å².